The highest BCUT2D eigenvalue weighted by molar-refractivity contribution is 5.93. The lowest BCUT2D eigenvalue weighted by Gasteiger charge is -2.47. The number of hydrogen-bond donors (Lipinski definition) is 1. The van der Waals surface area contributed by atoms with Crippen LogP contribution in [0.25, 0.3) is 22.3 Å². The molecule has 1 N–H and O–H groups in total. The third kappa shape index (κ3) is 4.82. The Morgan fingerprint density at radius 2 is 1.83 bits per heavy atom. The minimum atomic E-state index is -0.00599. The Balaban J connectivity index is 1.14. The number of nitrogens with zero attached hydrogens (tertiary/aromatic N) is 5. The molecule has 3 aromatic rings. The van der Waals surface area contributed by atoms with Crippen LogP contribution in [0.5, 0.6) is 5.75 Å². The monoisotopic (exact) mass is 488 g/mol. The van der Waals surface area contributed by atoms with Gasteiger partial charge in [-0.2, -0.15) is 5.10 Å². The van der Waals surface area contributed by atoms with Crippen LogP contribution in [0.4, 0.5) is 5.82 Å². The first kappa shape index (κ1) is 23.7. The van der Waals surface area contributed by atoms with Crippen LogP contribution in [0.1, 0.15) is 66.2 Å². The highest BCUT2D eigenvalue weighted by atomic mass is 16.5. The van der Waals surface area contributed by atoms with Gasteiger partial charge < -0.3 is 9.64 Å². The van der Waals surface area contributed by atoms with E-state index in [4.69, 9.17) is 4.74 Å². The zero-order valence-electron chi connectivity index (χ0n) is 22.3. The molecule has 1 saturated carbocycles. The lowest BCUT2D eigenvalue weighted by Crippen LogP contribution is -2.52. The second-order valence-corrected chi connectivity index (χ2v) is 12.4. The normalized spacial score (nSPS) is 24.2. The molecule has 192 valence electrons. The minimum absolute atomic E-state index is 0.00599. The summed E-state index contributed by atoms with van der Waals surface area (Å²) in [5.74, 6) is 3.50. The summed E-state index contributed by atoms with van der Waals surface area (Å²) >= 11 is 0. The maximum absolute atomic E-state index is 6.20. The molecular weight excluding hydrogens is 448 g/mol. The van der Waals surface area contributed by atoms with E-state index in [1.54, 1.807) is 6.33 Å². The Morgan fingerprint density at radius 3 is 2.58 bits per heavy atom. The molecule has 2 saturated heterocycles. The zero-order chi connectivity index (χ0) is 24.9. The first-order valence-electron chi connectivity index (χ1n) is 13.8. The standard InChI is InChI=1S/C29H40N6O/c1-20-7-14-35(28(2,3)17-20)18-21-8-12-34(13-9-21)26-16-25(30-19-31-26)27-23-15-22(36-29(4)10-11-29)5-6-24(23)32-33-27/h5-6,15-16,19-21H,7-14,17-18H2,1-4H3,(H,32,33)/t20-/m0/s1. The van der Waals surface area contributed by atoms with Crippen molar-refractivity contribution in [3.63, 3.8) is 0 Å². The number of benzene rings is 1. The molecule has 1 aliphatic carbocycles. The summed E-state index contributed by atoms with van der Waals surface area (Å²) in [6, 6.07) is 8.26. The van der Waals surface area contributed by atoms with Crippen LogP contribution in [-0.4, -0.2) is 62.4 Å². The molecule has 2 aliphatic heterocycles. The summed E-state index contributed by atoms with van der Waals surface area (Å²) in [6.45, 7) is 14.0. The minimum Gasteiger partial charge on any atom is -0.488 e. The van der Waals surface area contributed by atoms with Crippen molar-refractivity contribution < 1.29 is 4.74 Å². The maximum Gasteiger partial charge on any atom is 0.132 e. The lowest BCUT2D eigenvalue weighted by molar-refractivity contribution is 0.0339. The summed E-state index contributed by atoms with van der Waals surface area (Å²) in [6.07, 6.45) is 8.98. The molecule has 3 aliphatic rings. The van der Waals surface area contributed by atoms with Gasteiger partial charge in [0.2, 0.25) is 0 Å². The molecule has 6 rings (SSSR count). The molecule has 1 aromatic carbocycles. The number of hydrogen-bond acceptors (Lipinski definition) is 6. The number of nitrogens with one attached hydrogen (secondary N) is 1. The molecule has 1 atom stereocenters. The van der Waals surface area contributed by atoms with Crippen molar-refractivity contribution >= 4 is 16.7 Å². The molecule has 7 nitrogen and oxygen atoms in total. The fourth-order valence-corrected chi connectivity index (χ4v) is 6.22. The largest absolute Gasteiger partial charge is 0.488 e. The number of rotatable bonds is 6. The van der Waals surface area contributed by atoms with Gasteiger partial charge in [0.1, 0.15) is 29.2 Å². The fraction of sp³-hybridized carbons (Fsp3) is 0.621. The second-order valence-electron chi connectivity index (χ2n) is 12.4. The molecule has 0 amide bonds. The second kappa shape index (κ2) is 9.02. The van der Waals surface area contributed by atoms with Gasteiger partial charge in [0, 0.05) is 36.6 Å². The summed E-state index contributed by atoms with van der Waals surface area (Å²) in [4.78, 5) is 14.4. The summed E-state index contributed by atoms with van der Waals surface area (Å²) in [7, 11) is 0. The van der Waals surface area contributed by atoms with Gasteiger partial charge in [0.25, 0.3) is 0 Å². The van der Waals surface area contributed by atoms with Gasteiger partial charge in [0.15, 0.2) is 0 Å². The van der Waals surface area contributed by atoms with Gasteiger partial charge in [-0.3, -0.25) is 10.00 Å². The van der Waals surface area contributed by atoms with Gasteiger partial charge in [-0.25, -0.2) is 9.97 Å². The van der Waals surface area contributed by atoms with Gasteiger partial charge in [-0.15, -0.1) is 0 Å². The van der Waals surface area contributed by atoms with Crippen molar-refractivity contribution in [1.82, 2.24) is 25.1 Å². The van der Waals surface area contributed by atoms with E-state index in [9.17, 15) is 0 Å². The highest BCUT2D eigenvalue weighted by Gasteiger charge is 2.40. The van der Waals surface area contributed by atoms with Crippen molar-refractivity contribution in [2.24, 2.45) is 11.8 Å². The van der Waals surface area contributed by atoms with Gasteiger partial charge in [-0.1, -0.05) is 6.92 Å². The van der Waals surface area contributed by atoms with Crippen molar-refractivity contribution in [3.8, 4) is 17.1 Å². The molecule has 36 heavy (non-hydrogen) atoms. The van der Waals surface area contributed by atoms with E-state index in [0.717, 1.165) is 71.6 Å². The first-order chi connectivity index (χ1) is 17.3. The molecule has 3 fully saturated rings. The van der Waals surface area contributed by atoms with E-state index in [-0.39, 0.29) is 5.60 Å². The predicted octanol–water partition coefficient (Wildman–Crippen LogP) is 5.68. The van der Waals surface area contributed by atoms with Gasteiger partial charge in [0.05, 0.1) is 11.2 Å². The van der Waals surface area contributed by atoms with E-state index in [1.165, 1.54) is 38.8 Å². The molecule has 7 heteroatoms. The number of aromatic nitrogens is 4. The van der Waals surface area contributed by atoms with Crippen molar-refractivity contribution in [1.29, 1.82) is 0 Å². The van der Waals surface area contributed by atoms with E-state index < -0.39 is 0 Å². The maximum atomic E-state index is 6.20. The zero-order valence-corrected chi connectivity index (χ0v) is 22.3. The van der Waals surface area contributed by atoms with E-state index in [1.807, 2.05) is 12.1 Å². The van der Waals surface area contributed by atoms with Gasteiger partial charge >= 0.3 is 0 Å². The smallest absolute Gasteiger partial charge is 0.132 e. The summed E-state index contributed by atoms with van der Waals surface area (Å²) in [5.41, 5.74) is 3.02. The number of H-pyrrole nitrogens is 1. The van der Waals surface area contributed by atoms with E-state index in [2.05, 4.69) is 69.8 Å². The van der Waals surface area contributed by atoms with Crippen molar-refractivity contribution in [2.45, 2.75) is 77.4 Å². The van der Waals surface area contributed by atoms with Crippen LogP contribution in [0, 0.1) is 11.8 Å². The molecule has 4 heterocycles. The average Bonchev–Trinajstić information content (AvgIpc) is 3.43. The summed E-state index contributed by atoms with van der Waals surface area (Å²) < 4.78 is 6.20. The topological polar surface area (TPSA) is 70.2 Å². The number of piperidine rings is 2. The van der Waals surface area contributed by atoms with Gasteiger partial charge in [-0.05, 0) is 95.9 Å². The van der Waals surface area contributed by atoms with Crippen LogP contribution in [-0.2, 0) is 0 Å². The van der Waals surface area contributed by atoms with E-state index >= 15 is 0 Å². The third-order valence-electron chi connectivity index (χ3n) is 8.76. The molecular formula is C29H40N6O. The van der Waals surface area contributed by atoms with Crippen LogP contribution in [0.2, 0.25) is 0 Å². The predicted molar refractivity (Wildman–Crippen MR) is 144 cm³/mol. The Hall–Kier alpha value is -2.67. The van der Waals surface area contributed by atoms with Crippen LogP contribution in [0.3, 0.4) is 0 Å². The van der Waals surface area contributed by atoms with Crippen molar-refractivity contribution in [3.05, 3.63) is 30.6 Å². The Bertz CT molecular complexity index is 1220. The number of likely N-dealkylation sites (tertiary alicyclic amines) is 1. The Labute approximate surface area is 214 Å². The molecule has 0 radical (unpaired) electrons. The molecule has 0 bridgehead atoms. The van der Waals surface area contributed by atoms with Crippen LogP contribution in [0.15, 0.2) is 30.6 Å². The Morgan fingerprint density at radius 1 is 1.03 bits per heavy atom. The quantitative estimate of drug-likeness (QED) is 0.481. The lowest BCUT2D eigenvalue weighted by atomic mass is 9.82. The number of ether oxygens (including phenoxy) is 1. The third-order valence-corrected chi connectivity index (χ3v) is 8.76. The fourth-order valence-electron chi connectivity index (χ4n) is 6.22. The average molecular weight is 489 g/mol. The summed E-state index contributed by atoms with van der Waals surface area (Å²) in [5, 5.41) is 8.81. The van der Waals surface area contributed by atoms with Crippen LogP contribution >= 0.6 is 0 Å². The molecule has 2 aromatic heterocycles. The number of fused-ring (bicyclic) bond motifs is 1. The highest BCUT2D eigenvalue weighted by Crippen LogP contribution is 2.41. The Kier molecular flexibility index (Phi) is 5.94. The first-order valence-corrected chi connectivity index (χ1v) is 13.8. The molecule has 0 unspecified atom stereocenters. The van der Waals surface area contributed by atoms with E-state index in [0.29, 0.717) is 5.54 Å². The SMILES string of the molecule is C[C@H]1CCN(CC2CCN(c3cc(-c4n[nH]c5ccc(OC6(C)CC6)cc45)ncn3)CC2)C(C)(C)C1. The van der Waals surface area contributed by atoms with Crippen LogP contribution < -0.4 is 9.64 Å². The van der Waals surface area contributed by atoms with Crippen molar-refractivity contribution in [2.75, 3.05) is 31.1 Å². The number of anilines is 1. The number of aromatic amines is 1. The molecule has 0 spiro atoms.